The molecule has 31 heavy (non-hydrogen) atoms. The molecule has 0 fully saturated rings. The van der Waals surface area contributed by atoms with Crippen LogP contribution < -0.4 is 5.32 Å². The van der Waals surface area contributed by atoms with Gasteiger partial charge in [-0.05, 0) is 69.7 Å². The van der Waals surface area contributed by atoms with E-state index in [0.717, 1.165) is 35.5 Å². The molecule has 1 aliphatic carbocycles. The molecule has 7 nitrogen and oxygen atoms in total. The first-order valence-electron chi connectivity index (χ1n) is 10.4. The number of anilines is 1. The van der Waals surface area contributed by atoms with E-state index in [1.807, 2.05) is 0 Å². The fourth-order valence-corrected chi connectivity index (χ4v) is 4.83. The number of carbonyl (C=O) groups excluding carboxylic acids is 3. The number of fused-ring (bicyclic) bond motifs is 1. The van der Waals surface area contributed by atoms with Crippen LogP contribution in [-0.4, -0.2) is 30.6 Å². The molecule has 0 aliphatic heterocycles. The molecular formula is C23H27NO6S. The normalized spacial score (nSPS) is 16.6. The van der Waals surface area contributed by atoms with Crippen LogP contribution in [0.3, 0.4) is 0 Å². The van der Waals surface area contributed by atoms with Gasteiger partial charge in [0.1, 0.15) is 16.5 Å². The Balaban J connectivity index is 1.69. The molecule has 2 atom stereocenters. The molecule has 2 aromatic rings. The van der Waals surface area contributed by atoms with Crippen molar-refractivity contribution in [3.63, 3.8) is 0 Å². The fraction of sp³-hybridized carbons (Fsp3) is 0.435. The molecule has 0 aromatic carbocycles. The van der Waals surface area contributed by atoms with Gasteiger partial charge < -0.3 is 19.2 Å². The van der Waals surface area contributed by atoms with Crippen molar-refractivity contribution in [1.82, 2.24) is 0 Å². The number of carbonyl (C=O) groups is 3. The third-order valence-corrected chi connectivity index (χ3v) is 6.20. The number of furan rings is 1. The topological polar surface area (TPSA) is 94.8 Å². The van der Waals surface area contributed by atoms with Crippen LogP contribution in [0.5, 0.6) is 0 Å². The molecule has 0 radical (unpaired) electrons. The van der Waals surface area contributed by atoms with Gasteiger partial charge in [-0.15, -0.1) is 11.3 Å². The van der Waals surface area contributed by atoms with Crippen molar-refractivity contribution in [2.24, 2.45) is 5.92 Å². The highest BCUT2D eigenvalue weighted by atomic mass is 32.1. The van der Waals surface area contributed by atoms with Crippen LogP contribution in [0.2, 0.25) is 0 Å². The van der Waals surface area contributed by atoms with Crippen LogP contribution in [0.25, 0.3) is 6.08 Å². The number of hydrogen-bond acceptors (Lipinski definition) is 7. The van der Waals surface area contributed by atoms with E-state index in [0.29, 0.717) is 22.2 Å². The number of rotatable bonds is 7. The van der Waals surface area contributed by atoms with E-state index in [9.17, 15) is 14.4 Å². The number of thiophene rings is 1. The van der Waals surface area contributed by atoms with Gasteiger partial charge in [0.25, 0.3) is 5.91 Å². The first-order valence-corrected chi connectivity index (χ1v) is 11.2. The molecule has 2 unspecified atom stereocenters. The predicted octanol–water partition coefficient (Wildman–Crippen LogP) is 4.53. The Morgan fingerprint density at radius 1 is 1.35 bits per heavy atom. The molecule has 0 saturated carbocycles. The Labute approximate surface area is 185 Å². The van der Waals surface area contributed by atoms with Gasteiger partial charge in [0.15, 0.2) is 6.10 Å². The SMILES string of the molecule is CCOC(=O)c1c(NC(=O)C(C)OC(=O)C=Cc2ccc(C)o2)sc2c1CCC(C)C2. The quantitative estimate of drug-likeness (QED) is 0.497. The minimum Gasteiger partial charge on any atom is -0.462 e. The van der Waals surface area contributed by atoms with E-state index >= 15 is 0 Å². The second-order valence-corrected chi connectivity index (χ2v) is 8.73. The van der Waals surface area contributed by atoms with Crippen molar-refractivity contribution in [3.8, 4) is 0 Å². The van der Waals surface area contributed by atoms with Crippen LogP contribution >= 0.6 is 11.3 Å². The lowest BCUT2D eigenvalue weighted by Crippen LogP contribution is -2.29. The lowest BCUT2D eigenvalue weighted by Gasteiger charge is -2.18. The Bertz CT molecular complexity index is 1000. The summed E-state index contributed by atoms with van der Waals surface area (Å²) < 4.78 is 15.8. The van der Waals surface area contributed by atoms with Crippen LogP contribution in [0.4, 0.5) is 5.00 Å². The largest absolute Gasteiger partial charge is 0.462 e. The van der Waals surface area contributed by atoms with Gasteiger partial charge in [0.05, 0.1) is 12.2 Å². The Morgan fingerprint density at radius 2 is 2.13 bits per heavy atom. The van der Waals surface area contributed by atoms with Crippen molar-refractivity contribution in [1.29, 1.82) is 0 Å². The third-order valence-electron chi connectivity index (χ3n) is 5.03. The smallest absolute Gasteiger partial charge is 0.341 e. The first-order chi connectivity index (χ1) is 14.8. The highest BCUT2D eigenvalue weighted by Gasteiger charge is 2.30. The number of ether oxygens (including phenoxy) is 2. The molecule has 3 rings (SSSR count). The standard InChI is InChI=1S/C23H27NO6S/c1-5-28-23(27)20-17-10-6-13(2)12-18(17)31-22(20)24-21(26)15(4)30-19(25)11-9-16-8-7-14(3)29-16/h7-9,11,13,15H,5-6,10,12H2,1-4H3,(H,24,26). The summed E-state index contributed by atoms with van der Waals surface area (Å²) in [6.45, 7) is 7.45. The van der Waals surface area contributed by atoms with E-state index < -0.39 is 23.9 Å². The van der Waals surface area contributed by atoms with Gasteiger partial charge in [-0.1, -0.05) is 6.92 Å². The maximum Gasteiger partial charge on any atom is 0.341 e. The highest BCUT2D eigenvalue weighted by Crippen LogP contribution is 2.40. The molecule has 1 aliphatic rings. The average Bonchev–Trinajstić information content (AvgIpc) is 3.28. The van der Waals surface area contributed by atoms with Crippen LogP contribution in [-0.2, 0) is 31.9 Å². The minimum atomic E-state index is -1.04. The fourth-order valence-electron chi connectivity index (χ4n) is 3.43. The second-order valence-electron chi connectivity index (χ2n) is 7.63. The zero-order chi connectivity index (χ0) is 22.5. The molecule has 1 N–H and O–H groups in total. The Hall–Kier alpha value is -2.87. The second kappa shape index (κ2) is 9.96. The van der Waals surface area contributed by atoms with E-state index in [1.54, 1.807) is 26.0 Å². The van der Waals surface area contributed by atoms with Crippen molar-refractivity contribution in [2.45, 2.75) is 53.1 Å². The number of aryl methyl sites for hydroxylation is 1. The van der Waals surface area contributed by atoms with E-state index in [-0.39, 0.29) is 6.61 Å². The molecule has 2 aromatic heterocycles. The summed E-state index contributed by atoms with van der Waals surface area (Å²) >= 11 is 1.39. The minimum absolute atomic E-state index is 0.253. The molecule has 8 heteroatoms. The summed E-state index contributed by atoms with van der Waals surface area (Å²) in [4.78, 5) is 38.4. The highest BCUT2D eigenvalue weighted by molar-refractivity contribution is 7.17. The molecule has 2 heterocycles. The van der Waals surface area contributed by atoms with Gasteiger partial charge in [0, 0.05) is 11.0 Å². The molecular weight excluding hydrogens is 418 g/mol. The summed E-state index contributed by atoms with van der Waals surface area (Å²) in [5, 5.41) is 3.21. The summed E-state index contributed by atoms with van der Waals surface area (Å²) in [6, 6.07) is 3.51. The number of hydrogen-bond donors (Lipinski definition) is 1. The molecule has 1 amide bonds. The van der Waals surface area contributed by atoms with Crippen LogP contribution in [0, 0.1) is 12.8 Å². The number of esters is 2. The van der Waals surface area contributed by atoms with Crippen LogP contribution in [0.1, 0.15) is 59.5 Å². The number of nitrogens with one attached hydrogen (secondary N) is 1. The maximum absolute atomic E-state index is 12.7. The molecule has 166 valence electrons. The summed E-state index contributed by atoms with van der Waals surface area (Å²) in [6.07, 6.45) is 4.27. The van der Waals surface area contributed by atoms with E-state index in [1.165, 1.54) is 30.4 Å². The molecule has 0 saturated heterocycles. The van der Waals surface area contributed by atoms with E-state index in [2.05, 4.69) is 12.2 Å². The van der Waals surface area contributed by atoms with Crippen LogP contribution in [0.15, 0.2) is 22.6 Å². The first kappa shape index (κ1) is 22.8. The van der Waals surface area contributed by atoms with Crippen molar-refractivity contribution in [3.05, 3.63) is 45.7 Å². The lowest BCUT2D eigenvalue weighted by molar-refractivity contribution is -0.148. The third kappa shape index (κ3) is 5.64. The van der Waals surface area contributed by atoms with Crippen molar-refractivity contribution in [2.75, 3.05) is 11.9 Å². The van der Waals surface area contributed by atoms with Gasteiger partial charge in [0.2, 0.25) is 0 Å². The monoisotopic (exact) mass is 445 g/mol. The Kier molecular flexibility index (Phi) is 7.33. The van der Waals surface area contributed by atoms with Crippen molar-refractivity contribution < 1.29 is 28.3 Å². The van der Waals surface area contributed by atoms with Gasteiger partial charge >= 0.3 is 11.9 Å². The maximum atomic E-state index is 12.7. The molecule has 0 spiro atoms. The Morgan fingerprint density at radius 3 is 2.81 bits per heavy atom. The average molecular weight is 446 g/mol. The zero-order valence-corrected chi connectivity index (χ0v) is 19.0. The van der Waals surface area contributed by atoms with E-state index in [4.69, 9.17) is 13.9 Å². The van der Waals surface area contributed by atoms with Gasteiger partial charge in [-0.25, -0.2) is 9.59 Å². The lowest BCUT2D eigenvalue weighted by atomic mass is 9.88. The summed E-state index contributed by atoms with van der Waals surface area (Å²) in [5.41, 5.74) is 1.38. The predicted molar refractivity (Wildman–Crippen MR) is 118 cm³/mol. The summed E-state index contributed by atoms with van der Waals surface area (Å²) in [7, 11) is 0. The zero-order valence-electron chi connectivity index (χ0n) is 18.2. The number of amides is 1. The van der Waals surface area contributed by atoms with Gasteiger partial charge in [-0.3, -0.25) is 4.79 Å². The summed E-state index contributed by atoms with van der Waals surface area (Å²) in [5.74, 6) is 0.158. The van der Waals surface area contributed by atoms with Gasteiger partial charge in [-0.2, -0.15) is 0 Å². The van der Waals surface area contributed by atoms with Crippen molar-refractivity contribution >= 4 is 40.3 Å². The molecule has 0 bridgehead atoms.